The molecule has 1 atom stereocenters. The average Bonchev–Trinajstić information content (AvgIpc) is 3.60. The summed E-state index contributed by atoms with van der Waals surface area (Å²) < 4.78 is 15.8. The molecule has 6 nitrogen and oxygen atoms in total. The lowest BCUT2D eigenvalue weighted by molar-refractivity contribution is -0.139. The van der Waals surface area contributed by atoms with Gasteiger partial charge in [-0.2, -0.15) is 0 Å². The summed E-state index contributed by atoms with van der Waals surface area (Å²) in [5.41, 5.74) is 2.79. The van der Waals surface area contributed by atoms with Crippen molar-refractivity contribution >= 4 is 90.7 Å². The van der Waals surface area contributed by atoms with E-state index in [9.17, 15) is 9.59 Å². The highest BCUT2D eigenvalue weighted by molar-refractivity contribution is 14.1. The number of esters is 1. The molecule has 5 aromatic rings. The van der Waals surface area contributed by atoms with Crippen LogP contribution in [0.1, 0.15) is 35.9 Å². The molecule has 2 aromatic heterocycles. The number of carbonyl (C=O) groups is 1. The molecule has 0 fully saturated rings. The van der Waals surface area contributed by atoms with Crippen LogP contribution in [0.3, 0.4) is 0 Å². The van der Waals surface area contributed by atoms with E-state index in [-0.39, 0.29) is 12.2 Å². The highest BCUT2D eigenvalue weighted by Gasteiger charge is 2.33. The number of ether oxygens (including phenoxy) is 2. The van der Waals surface area contributed by atoms with E-state index in [1.165, 1.54) is 33.4 Å². The van der Waals surface area contributed by atoms with Gasteiger partial charge in [0.25, 0.3) is 5.56 Å². The zero-order chi connectivity index (χ0) is 29.4. The first-order valence-corrected chi connectivity index (χ1v) is 17.0. The van der Waals surface area contributed by atoms with Crippen molar-refractivity contribution in [3.63, 3.8) is 0 Å². The topological polar surface area (TPSA) is 69.9 Å². The van der Waals surface area contributed by atoms with Gasteiger partial charge in [0.1, 0.15) is 18.4 Å². The summed E-state index contributed by atoms with van der Waals surface area (Å²) in [5, 5.41) is 4.31. The number of hydrogen-bond acceptors (Lipinski definition) is 7. The lowest BCUT2D eigenvalue weighted by Crippen LogP contribution is -2.39. The van der Waals surface area contributed by atoms with Crippen molar-refractivity contribution in [2.75, 3.05) is 6.61 Å². The van der Waals surface area contributed by atoms with E-state index < -0.39 is 12.0 Å². The Balaban J connectivity index is 1.35. The molecule has 0 aliphatic carbocycles. The van der Waals surface area contributed by atoms with E-state index in [0.29, 0.717) is 27.2 Å². The number of aromatic nitrogens is 1. The summed E-state index contributed by atoms with van der Waals surface area (Å²) >= 11 is 7.40. The molecule has 1 aliphatic heterocycles. The number of fused-ring (bicyclic) bond motifs is 2. The van der Waals surface area contributed by atoms with E-state index in [2.05, 4.69) is 80.5 Å². The number of benzene rings is 3. The maximum absolute atomic E-state index is 13.8. The molecule has 212 valence electrons. The third-order valence-electron chi connectivity index (χ3n) is 6.90. The summed E-state index contributed by atoms with van der Waals surface area (Å²) in [7, 11) is 0. The smallest absolute Gasteiger partial charge is 0.338 e. The Kier molecular flexibility index (Phi) is 8.66. The second-order valence-corrected chi connectivity index (χ2v) is 13.9. The van der Waals surface area contributed by atoms with Crippen LogP contribution in [0.15, 0.2) is 93.2 Å². The third kappa shape index (κ3) is 5.61. The molecule has 3 heterocycles. The second kappa shape index (κ2) is 12.4. The van der Waals surface area contributed by atoms with Crippen LogP contribution in [-0.2, 0) is 16.1 Å². The Morgan fingerprint density at radius 1 is 1.07 bits per heavy atom. The van der Waals surface area contributed by atoms with Gasteiger partial charge in [-0.15, -0.1) is 11.3 Å². The van der Waals surface area contributed by atoms with Gasteiger partial charge >= 0.3 is 5.97 Å². The van der Waals surface area contributed by atoms with Gasteiger partial charge in [-0.05, 0) is 111 Å². The third-order valence-corrected chi connectivity index (χ3v) is 10.4. The van der Waals surface area contributed by atoms with Crippen molar-refractivity contribution in [1.29, 1.82) is 0 Å². The van der Waals surface area contributed by atoms with Gasteiger partial charge < -0.3 is 9.47 Å². The summed E-state index contributed by atoms with van der Waals surface area (Å²) in [5.74, 6) is 0.366. The van der Waals surface area contributed by atoms with Crippen LogP contribution in [0, 0.1) is 7.14 Å². The Labute approximate surface area is 277 Å². The Morgan fingerprint density at radius 2 is 1.83 bits per heavy atom. The van der Waals surface area contributed by atoms with Crippen LogP contribution < -0.4 is 19.6 Å². The predicted molar refractivity (Wildman–Crippen MR) is 185 cm³/mol. The van der Waals surface area contributed by atoms with Crippen LogP contribution in [-0.4, -0.2) is 17.1 Å². The van der Waals surface area contributed by atoms with Crippen LogP contribution >= 0.6 is 67.9 Å². The minimum absolute atomic E-state index is 0.187. The van der Waals surface area contributed by atoms with Crippen molar-refractivity contribution < 1.29 is 14.3 Å². The molecule has 1 aliphatic rings. The van der Waals surface area contributed by atoms with Gasteiger partial charge in [0.2, 0.25) is 0 Å². The van der Waals surface area contributed by atoms with E-state index in [4.69, 9.17) is 9.47 Å². The van der Waals surface area contributed by atoms with Crippen molar-refractivity contribution in [2.45, 2.75) is 26.5 Å². The minimum atomic E-state index is -0.576. The fourth-order valence-corrected chi connectivity index (χ4v) is 9.03. The standard InChI is InChI=1S/C32H24I2N2O4S2/c1-3-39-31(38)27-18(2)35-32-36(28(27)25-12-7-13-41-25)30(37)26(42-32)16-19-14-23(33)29(24(34)15-19)40-17-21-10-6-9-20-8-4-5-11-22(20)21/h4-16,28H,3,17H2,1-2H3/b26-16-/t28-/m1/s1. The summed E-state index contributed by atoms with van der Waals surface area (Å²) in [6.07, 6.45) is 1.89. The molecule has 42 heavy (non-hydrogen) atoms. The molecule has 0 amide bonds. The number of nitrogens with zero attached hydrogens (tertiary/aromatic N) is 2. The van der Waals surface area contributed by atoms with Gasteiger partial charge in [-0.25, -0.2) is 9.79 Å². The van der Waals surface area contributed by atoms with Gasteiger partial charge in [0.05, 0.1) is 29.5 Å². The van der Waals surface area contributed by atoms with E-state index in [1.807, 2.05) is 47.9 Å². The molecule has 0 radical (unpaired) electrons. The molecule has 0 bridgehead atoms. The van der Waals surface area contributed by atoms with Gasteiger partial charge in [-0.3, -0.25) is 9.36 Å². The molecular formula is C32H24I2N2O4S2. The molecule has 0 saturated carbocycles. The lowest BCUT2D eigenvalue weighted by atomic mass is 10.0. The normalized spacial score (nSPS) is 15.0. The summed E-state index contributed by atoms with van der Waals surface area (Å²) in [4.78, 5) is 32.9. The first-order valence-electron chi connectivity index (χ1n) is 13.2. The van der Waals surface area contributed by atoms with E-state index >= 15 is 0 Å². The number of halogens is 2. The number of thiazole rings is 1. The van der Waals surface area contributed by atoms with Crippen molar-refractivity contribution in [3.05, 3.63) is 126 Å². The first-order chi connectivity index (χ1) is 20.4. The fourth-order valence-electron chi connectivity index (χ4n) is 5.03. The average molecular weight is 818 g/mol. The number of carbonyl (C=O) groups excluding carboxylic acids is 1. The number of hydrogen-bond donors (Lipinski definition) is 0. The molecule has 3 aromatic carbocycles. The van der Waals surface area contributed by atoms with Crippen LogP contribution in [0.25, 0.3) is 16.8 Å². The van der Waals surface area contributed by atoms with E-state index in [1.54, 1.807) is 18.4 Å². The molecule has 10 heteroatoms. The molecule has 0 spiro atoms. The Hall–Kier alpha value is -2.81. The number of thiophene rings is 1. The summed E-state index contributed by atoms with van der Waals surface area (Å²) in [6, 6.07) is 21.9. The Morgan fingerprint density at radius 3 is 2.57 bits per heavy atom. The SMILES string of the molecule is CCOC(=O)C1=C(C)N=c2s/c(=C\c3cc(I)c(OCc4cccc5ccccc45)c(I)c3)c(=O)n2[C@@H]1c1cccs1. The predicted octanol–water partition coefficient (Wildman–Crippen LogP) is 6.80. The summed E-state index contributed by atoms with van der Waals surface area (Å²) in [6.45, 7) is 4.27. The second-order valence-electron chi connectivity index (χ2n) is 9.56. The van der Waals surface area contributed by atoms with E-state index in [0.717, 1.165) is 28.9 Å². The zero-order valence-corrected chi connectivity index (χ0v) is 28.5. The zero-order valence-electron chi connectivity index (χ0n) is 22.6. The monoisotopic (exact) mass is 818 g/mol. The van der Waals surface area contributed by atoms with Crippen LogP contribution in [0.4, 0.5) is 0 Å². The maximum Gasteiger partial charge on any atom is 0.338 e. The van der Waals surface area contributed by atoms with Crippen molar-refractivity contribution in [2.24, 2.45) is 4.99 Å². The minimum Gasteiger partial charge on any atom is -0.487 e. The van der Waals surface area contributed by atoms with Gasteiger partial charge in [-0.1, -0.05) is 59.9 Å². The Bertz CT molecular complexity index is 2020. The van der Waals surface area contributed by atoms with Gasteiger partial charge in [0.15, 0.2) is 4.80 Å². The highest BCUT2D eigenvalue weighted by Crippen LogP contribution is 2.34. The van der Waals surface area contributed by atoms with Crippen LogP contribution in [0.2, 0.25) is 0 Å². The number of rotatable bonds is 7. The maximum atomic E-state index is 13.8. The largest absolute Gasteiger partial charge is 0.487 e. The molecule has 0 N–H and O–H groups in total. The quantitative estimate of drug-likeness (QED) is 0.134. The van der Waals surface area contributed by atoms with Crippen molar-refractivity contribution in [1.82, 2.24) is 4.57 Å². The number of allylic oxidation sites excluding steroid dienone is 1. The highest BCUT2D eigenvalue weighted by atomic mass is 127. The molecule has 0 saturated heterocycles. The lowest BCUT2D eigenvalue weighted by Gasteiger charge is -2.23. The molecular weight excluding hydrogens is 794 g/mol. The molecule has 6 rings (SSSR count). The van der Waals surface area contributed by atoms with Crippen LogP contribution in [0.5, 0.6) is 5.75 Å². The molecule has 0 unspecified atom stereocenters. The van der Waals surface area contributed by atoms with Crippen molar-refractivity contribution in [3.8, 4) is 5.75 Å². The van der Waals surface area contributed by atoms with Gasteiger partial charge in [0, 0.05) is 4.88 Å². The first kappa shape index (κ1) is 29.3. The fraction of sp³-hybridized carbons (Fsp3) is 0.156.